The molecule has 0 spiro atoms. The standard InChI is InChI=1S/C9H18N2O4S/c1-2-15-9(12)7-16(13,14)11-5-3-4-8(10)6-11/h8H,2-7,10H2,1H3. The van der Waals surface area contributed by atoms with Crippen LogP contribution in [0.3, 0.4) is 0 Å². The lowest BCUT2D eigenvalue weighted by Gasteiger charge is -2.29. The van der Waals surface area contributed by atoms with Gasteiger partial charge in [0, 0.05) is 19.1 Å². The largest absolute Gasteiger partial charge is 0.465 e. The summed E-state index contributed by atoms with van der Waals surface area (Å²) in [6, 6.07) is -0.134. The molecular weight excluding hydrogens is 232 g/mol. The molecule has 1 unspecified atom stereocenters. The Morgan fingerprint density at radius 3 is 2.81 bits per heavy atom. The molecule has 0 aliphatic carbocycles. The lowest BCUT2D eigenvalue weighted by Crippen LogP contribution is -2.47. The number of hydrogen-bond acceptors (Lipinski definition) is 5. The molecule has 1 fully saturated rings. The van der Waals surface area contributed by atoms with Crippen LogP contribution in [0.15, 0.2) is 0 Å². The lowest BCUT2D eigenvalue weighted by atomic mass is 10.1. The zero-order valence-corrected chi connectivity index (χ0v) is 10.2. The van der Waals surface area contributed by atoms with Crippen molar-refractivity contribution in [3.8, 4) is 0 Å². The molecule has 0 bridgehead atoms. The van der Waals surface area contributed by atoms with Gasteiger partial charge in [0.1, 0.15) is 0 Å². The van der Waals surface area contributed by atoms with Crippen LogP contribution in [0.4, 0.5) is 0 Å². The third-order valence-corrected chi connectivity index (χ3v) is 4.14. The van der Waals surface area contributed by atoms with Crippen molar-refractivity contribution < 1.29 is 17.9 Å². The van der Waals surface area contributed by atoms with Crippen LogP contribution < -0.4 is 5.73 Å². The Morgan fingerprint density at radius 2 is 2.25 bits per heavy atom. The van der Waals surface area contributed by atoms with E-state index < -0.39 is 21.7 Å². The summed E-state index contributed by atoms with van der Waals surface area (Å²) >= 11 is 0. The monoisotopic (exact) mass is 250 g/mol. The quantitative estimate of drug-likeness (QED) is 0.666. The molecular formula is C9H18N2O4S. The van der Waals surface area contributed by atoms with Crippen molar-refractivity contribution >= 4 is 16.0 Å². The van der Waals surface area contributed by atoms with Gasteiger partial charge in [0.15, 0.2) is 5.75 Å². The number of carbonyl (C=O) groups is 1. The molecule has 94 valence electrons. The van der Waals surface area contributed by atoms with Crippen LogP contribution in [0, 0.1) is 0 Å². The minimum Gasteiger partial charge on any atom is -0.465 e. The molecule has 0 amide bonds. The number of hydrogen-bond donors (Lipinski definition) is 1. The number of nitrogens with two attached hydrogens (primary N) is 1. The number of rotatable bonds is 4. The molecule has 0 aromatic rings. The third-order valence-electron chi connectivity index (χ3n) is 2.42. The molecule has 1 heterocycles. The summed E-state index contributed by atoms with van der Waals surface area (Å²) in [6.07, 6.45) is 1.56. The topological polar surface area (TPSA) is 89.7 Å². The van der Waals surface area contributed by atoms with Crippen molar-refractivity contribution in [1.29, 1.82) is 0 Å². The maximum atomic E-state index is 11.8. The van der Waals surface area contributed by atoms with Gasteiger partial charge in [0.25, 0.3) is 0 Å². The molecule has 1 aliphatic heterocycles. The van der Waals surface area contributed by atoms with Gasteiger partial charge in [-0.3, -0.25) is 4.79 Å². The second kappa shape index (κ2) is 5.60. The zero-order chi connectivity index (χ0) is 12.2. The molecule has 7 heteroatoms. The molecule has 1 aliphatic rings. The van der Waals surface area contributed by atoms with E-state index >= 15 is 0 Å². The van der Waals surface area contributed by atoms with Crippen LogP contribution in [-0.2, 0) is 19.6 Å². The summed E-state index contributed by atoms with van der Waals surface area (Å²) in [7, 11) is -3.56. The van der Waals surface area contributed by atoms with Crippen molar-refractivity contribution in [3.05, 3.63) is 0 Å². The van der Waals surface area contributed by atoms with Crippen LogP contribution in [0.5, 0.6) is 0 Å². The molecule has 0 saturated carbocycles. The average molecular weight is 250 g/mol. The van der Waals surface area contributed by atoms with Crippen LogP contribution >= 0.6 is 0 Å². The summed E-state index contributed by atoms with van der Waals surface area (Å²) < 4.78 is 29.5. The second-order valence-corrected chi connectivity index (χ2v) is 5.79. The Hall–Kier alpha value is -0.660. The fraction of sp³-hybridized carbons (Fsp3) is 0.889. The minimum atomic E-state index is -3.56. The van der Waals surface area contributed by atoms with E-state index in [-0.39, 0.29) is 12.6 Å². The SMILES string of the molecule is CCOC(=O)CS(=O)(=O)N1CCCC(N)C1. The lowest BCUT2D eigenvalue weighted by molar-refractivity contribution is -0.140. The highest BCUT2D eigenvalue weighted by Crippen LogP contribution is 2.13. The van der Waals surface area contributed by atoms with E-state index in [2.05, 4.69) is 4.74 Å². The Bertz CT molecular complexity index is 341. The van der Waals surface area contributed by atoms with Crippen molar-refractivity contribution in [1.82, 2.24) is 4.31 Å². The van der Waals surface area contributed by atoms with Gasteiger partial charge in [-0.1, -0.05) is 0 Å². The Kier molecular flexibility index (Phi) is 4.69. The van der Waals surface area contributed by atoms with Gasteiger partial charge in [-0.25, -0.2) is 8.42 Å². The van der Waals surface area contributed by atoms with Crippen molar-refractivity contribution in [2.45, 2.75) is 25.8 Å². The van der Waals surface area contributed by atoms with E-state index in [9.17, 15) is 13.2 Å². The smallest absolute Gasteiger partial charge is 0.322 e. The van der Waals surface area contributed by atoms with Gasteiger partial charge in [-0.2, -0.15) is 4.31 Å². The molecule has 6 nitrogen and oxygen atoms in total. The highest BCUT2D eigenvalue weighted by atomic mass is 32.2. The fourth-order valence-corrected chi connectivity index (χ4v) is 3.06. The van der Waals surface area contributed by atoms with Crippen LogP contribution in [0.2, 0.25) is 0 Å². The molecule has 1 atom stereocenters. The molecule has 1 saturated heterocycles. The zero-order valence-electron chi connectivity index (χ0n) is 9.39. The Morgan fingerprint density at radius 1 is 1.56 bits per heavy atom. The van der Waals surface area contributed by atoms with Gasteiger partial charge in [0.2, 0.25) is 10.0 Å². The Balaban J connectivity index is 2.59. The average Bonchev–Trinajstić information content (AvgIpc) is 2.17. The third kappa shape index (κ3) is 3.73. The summed E-state index contributed by atoms with van der Waals surface area (Å²) in [4.78, 5) is 11.1. The maximum Gasteiger partial charge on any atom is 0.322 e. The van der Waals surface area contributed by atoms with Crippen LogP contribution in [0.25, 0.3) is 0 Å². The number of esters is 1. The highest BCUT2D eigenvalue weighted by Gasteiger charge is 2.29. The van der Waals surface area contributed by atoms with E-state index in [1.165, 1.54) is 4.31 Å². The number of nitrogens with zero attached hydrogens (tertiary/aromatic N) is 1. The number of carbonyl (C=O) groups excluding carboxylic acids is 1. The number of ether oxygens (including phenoxy) is 1. The first-order valence-electron chi connectivity index (χ1n) is 5.34. The van der Waals surface area contributed by atoms with Gasteiger partial charge in [-0.05, 0) is 19.8 Å². The summed E-state index contributed by atoms with van der Waals surface area (Å²) in [5.41, 5.74) is 5.69. The number of sulfonamides is 1. The van der Waals surface area contributed by atoms with Gasteiger partial charge in [0.05, 0.1) is 6.61 Å². The molecule has 0 aromatic heterocycles. The molecule has 2 N–H and O–H groups in total. The second-order valence-electron chi connectivity index (χ2n) is 3.82. The molecule has 0 aromatic carbocycles. The van der Waals surface area contributed by atoms with Crippen molar-refractivity contribution in [2.75, 3.05) is 25.4 Å². The number of piperidine rings is 1. The molecule has 1 rings (SSSR count). The van der Waals surface area contributed by atoms with Crippen LogP contribution in [0.1, 0.15) is 19.8 Å². The van der Waals surface area contributed by atoms with Gasteiger partial charge in [-0.15, -0.1) is 0 Å². The maximum absolute atomic E-state index is 11.8. The first-order chi connectivity index (χ1) is 7.45. The first-order valence-corrected chi connectivity index (χ1v) is 6.95. The predicted octanol–water partition coefficient (Wildman–Crippen LogP) is -0.698. The van der Waals surface area contributed by atoms with Gasteiger partial charge < -0.3 is 10.5 Å². The summed E-state index contributed by atoms with van der Waals surface area (Å²) in [6.45, 7) is 2.56. The van der Waals surface area contributed by atoms with Crippen molar-refractivity contribution in [3.63, 3.8) is 0 Å². The molecule has 0 radical (unpaired) electrons. The van der Waals surface area contributed by atoms with E-state index in [0.717, 1.165) is 12.8 Å². The first kappa shape index (κ1) is 13.4. The van der Waals surface area contributed by atoms with E-state index in [0.29, 0.717) is 13.1 Å². The normalized spacial score (nSPS) is 23.0. The molecule has 16 heavy (non-hydrogen) atoms. The van der Waals surface area contributed by atoms with E-state index in [4.69, 9.17) is 5.73 Å². The summed E-state index contributed by atoms with van der Waals surface area (Å²) in [5.74, 6) is -1.30. The van der Waals surface area contributed by atoms with Gasteiger partial charge >= 0.3 is 5.97 Å². The predicted molar refractivity (Wildman–Crippen MR) is 59.2 cm³/mol. The van der Waals surface area contributed by atoms with E-state index in [1.54, 1.807) is 6.92 Å². The fourth-order valence-electron chi connectivity index (χ4n) is 1.67. The minimum absolute atomic E-state index is 0.134. The van der Waals surface area contributed by atoms with Crippen molar-refractivity contribution in [2.24, 2.45) is 5.73 Å². The van der Waals surface area contributed by atoms with E-state index in [1.807, 2.05) is 0 Å². The summed E-state index contributed by atoms with van der Waals surface area (Å²) in [5, 5.41) is 0. The van der Waals surface area contributed by atoms with Crippen LogP contribution in [-0.4, -0.2) is 50.2 Å². The Labute approximate surface area is 95.8 Å². The highest BCUT2D eigenvalue weighted by molar-refractivity contribution is 7.89.